The topological polar surface area (TPSA) is 97.4 Å². The first kappa shape index (κ1) is 18.0. The van der Waals surface area contributed by atoms with Gasteiger partial charge in [-0.2, -0.15) is 0 Å². The fraction of sp³-hybridized carbons (Fsp3) is 0.200. The van der Waals surface area contributed by atoms with E-state index in [4.69, 9.17) is 16.3 Å². The summed E-state index contributed by atoms with van der Waals surface area (Å²) in [7, 11) is -2.60. The molecule has 0 bridgehead atoms. The van der Waals surface area contributed by atoms with E-state index in [2.05, 4.69) is 15.0 Å². The molecular weight excluding hydrogens is 354 g/mol. The van der Waals surface area contributed by atoms with Crippen LogP contribution in [0.25, 0.3) is 0 Å². The van der Waals surface area contributed by atoms with Gasteiger partial charge in [0.05, 0.1) is 24.6 Å². The van der Waals surface area contributed by atoms with E-state index in [1.165, 1.54) is 43.8 Å². The van der Waals surface area contributed by atoms with Crippen LogP contribution >= 0.6 is 11.6 Å². The molecular formula is C15H16ClN3O4S. The molecule has 0 saturated carbocycles. The van der Waals surface area contributed by atoms with Gasteiger partial charge in [-0.15, -0.1) is 0 Å². The zero-order valence-electron chi connectivity index (χ0n) is 13.0. The quantitative estimate of drug-likeness (QED) is 0.814. The third-order valence-corrected chi connectivity index (χ3v) is 4.64. The largest absolute Gasteiger partial charge is 0.495 e. The Morgan fingerprint density at radius 1 is 1.29 bits per heavy atom. The van der Waals surface area contributed by atoms with Gasteiger partial charge in [-0.1, -0.05) is 11.6 Å². The molecule has 0 aliphatic rings. The molecule has 9 heteroatoms. The minimum Gasteiger partial charge on any atom is -0.495 e. The number of amides is 1. The molecule has 0 aliphatic carbocycles. The third-order valence-electron chi connectivity index (χ3n) is 3.01. The summed E-state index contributed by atoms with van der Waals surface area (Å²) in [4.78, 5) is 15.6. The Bertz CT molecular complexity index is 856. The van der Waals surface area contributed by atoms with Gasteiger partial charge in [0.25, 0.3) is 15.9 Å². The summed E-state index contributed by atoms with van der Waals surface area (Å²) in [5, 5.41) is 2.87. The molecule has 0 radical (unpaired) electrons. The summed E-state index contributed by atoms with van der Waals surface area (Å²) in [6, 6.07) is 5.66. The number of carbonyl (C=O) groups excluding carboxylic acids is 1. The van der Waals surface area contributed by atoms with Gasteiger partial charge in [0.2, 0.25) is 0 Å². The molecule has 2 rings (SSSR count). The van der Waals surface area contributed by atoms with Crippen LogP contribution in [-0.4, -0.2) is 33.0 Å². The Kier molecular flexibility index (Phi) is 5.63. The molecule has 7 nitrogen and oxygen atoms in total. The van der Waals surface area contributed by atoms with Gasteiger partial charge in [-0.25, -0.2) is 8.42 Å². The van der Waals surface area contributed by atoms with Gasteiger partial charge in [0, 0.05) is 17.8 Å². The zero-order valence-corrected chi connectivity index (χ0v) is 14.6. The molecule has 1 heterocycles. The molecule has 0 unspecified atom stereocenters. The standard InChI is InChI=1S/C15H16ClN3O4S/c1-3-18-15(20)10-6-12(9-17-8-10)19-24(21,22)14-7-11(16)4-5-13(14)23-2/h4-9,19H,3H2,1-2H3,(H,18,20). The molecule has 0 spiro atoms. The van der Waals surface area contributed by atoms with Crippen LogP contribution in [0, 0.1) is 0 Å². The number of sulfonamides is 1. The number of nitrogens with zero attached hydrogens (tertiary/aromatic N) is 1. The maximum atomic E-state index is 12.6. The van der Waals surface area contributed by atoms with Gasteiger partial charge in [-0.3, -0.25) is 14.5 Å². The van der Waals surface area contributed by atoms with Gasteiger partial charge in [-0.05, 0) is 31.2 Å². The highest BCUT2D eigenvalue weighted by atomic mass is 35.5. The Labute approximate surface area is 145 Å². The summed E-state index contributed by atoms with van der Waals surface area (Å²) in [6.45, 7) is 2.23. The summed E-state index contributed by atoms with van der Waals surface area (Å²) in [6.07, 6.45) is 2.65. The molecule has 2 N–H and O–H groups in total. The number of ether oxygens (including phenoxy) is 1. The lowest BCUT2D eigenvalue weighted by Gasteiger charge is -2.12. The number of carbonyl (C=O) groups is 1. The summed E-state index contributed by atoms with van der Waals surface area (Å²) in [5.74, 6) is -0.189. The fourth-order valence-electron chi connectivity index (χ4n) is 1.95. The van der Waals surface area contributed by atoms with E-state index >= 15 is 0 Å². The Balaban J connectivity index is 2.35. The molecule has 0 fully saturated rings. The van der Waals surface area contributed by atoms with Crippen molar-refractivity contribution >= 4 is 33.2 Å². The summed E-state index contributed by atoms with van der Waals surface area (Å²) < 4.78 is 32.6. The first-order chi connectivity index (χ1) is 11.4. The number of hydrogen-bond donors (Lipinski definition) is 2. The van der Waals surface area contributed by atoms with E-state index in [9.17, 15) is 13.2 Å². The smallest absolute Gasteiger partial charge is 0.265 e. The number of nitrogens with one attached hydrogen (secondary N) is 2. The predicted octanol–water partition coefficient (Wildman–Crippen LogP) is 2.29. The predicted molar refractivity (Wildman–Crippen MR) is 91.1 cm³/mol. The molecule has 128 valence electrons. The van der Waals surface area contributed by atoms with Gasteiger partial charge in [0.1, 0.15) is 10.6 Å². The van der Waals surface area contributed by atoms with Crippen molar-refractivity contribution in [3.63, 3.8) is 0 Å². The number of methoxy groups -OCH3 is 1. The minimum absolute atomic E-state index is 0.110. The van der Waals surface area contributed by atoms with Crippen molar-refractivity contribution in [2.24, 2.45) is 0 Å². The zero-order chi connectivity index (χ0) is 17.7. The Hall–Kier alpha value is -2.32. The van der Waals surface area contributed by atoms with E-state index in [1.54, 1.807) is 6.92 Å². The van der Waals surface area contributed by atoms with Crippen molar-refractivity contribution in [2.75, 3.05) is 18.4 Å². The van der Waals surface area contributed by atoms with Crippen LogP contribution in [0.3, 0.4) is 0 Å². The molecule has 0 saturated heterocycles. The molecule has 1 aromatic heterocycles. The van der Waals surface area contributed by atoms with Crippen molar-refractivity contribution in [1.82, 2.24) is 10.3 Å². The van der Waals surface area contributed by atoms with Crippen LogP contribution in [0.1, 0.15) is 17.3 Å². The van der Waals surface area contributed by atoms with Crippen LogP contribution < -0.4 is 14.8 Å². The van der Waals surface area contributed by atoms with Crippen LogP contribution in [0.2, 0.25) is 5.02 Å². The highest BCUT2D eigenvalue weighted by Crippen LogP contribution is 2.28. The molecule has 2 aromatic rings. The van der Waals surface area contributed by atoms with Gasteiger partial charge >= 0.3 is 0 Å². The van der Waals surface area contributed by atoms with E-state index in [0.717, 1.165) is 0 Å². The average molecular weight is 370 g/mol. The minimum atomic E-state index is -3.96. The highest BCUT2D eigenvalue weighted by molar-refractivity contribution is 7.92. The number of benzene rings is 1. The molecule has 24 heavy (non-hydrogen) atoms. The number of pyridine rings is 1. The number of halogens is 1. The van der Waals surface area contributed by atoms with Crippen molar-refractivity contribution < 1.29 is 17.9 Å². The lowest BCUT2D eigenvalue weighted by Crippen LogP contribution is -2.23. The normalized spacial score (nSPS) is 11.0. The second-order valence-electron chi connectivity index (χ2n) is 4.72. The van der Waals surface area contributed by atoms with Crippen LogP contribution in [-0.2, 0) is 10.0 Å². The SMILES string of the molecule is CCNC(=O)c1cncc(NS(=O)(=O)c2cc(Cl)ccc2OC)c1. The fourth-order valence-corrected chi connectivity index (χ4v) is 3.42. The van der Waals surface area contributed by atoms with Crippen molar-refractivity contribution in [3.8, 4) is 5.75 Å². The maximum Gasteiger partial charge on any atom is 0.265 e. The number of rotatable bonds is 6. The molecule has 1 aromatic carbocycles. The summed E-state index contributed by atoms with van der Waals surface area (Å²) in [5.41, 5.74) is 0.399. The molecule has 1 amide bonds. The average Bonchev–Trinajstić information content (AvgIpc) is 2.55. The maximum absolute atomic E-state index is 12.6. The second kappa shape index (κ2) is 7.50. The van der Waals surface area contributed by atoms with E-state index in [-0.39, 0.29) is 32.8 Å². The number of anilines is 1. The number of aromatic nitrogens is 1. The second-order valence-corrected chi connectivity index (χ2v) is 6.81. The van der Waals surface area contributed by atoms with Crippen LogP contribution in [0.5, 0.6) is 5.75 Å². The van der Waals surface area contributed by atoms with E-state index in [1.807, 2.05) is 0 Å². The number of hydrogen-bond acceptors (Lipinski definition) is 5. The van der Waals surface area contributed by atoms with Gasteiger partial charge in [0.15, 0.2) is 0 Å². The van der Waals surface area contributed by atoms with Crippen molar-refractivity contribution in [1.29, 1.82) is 0 Å². The van der Waals surface area contributed by atoms with Crippen LogP contribution in [0.4, 0.5) is 5.69 Å². The van der Waals surface area contributed by atoms with Crippen molar-refractivity contribution in [3.05, 3.63) is 47.2 Å². The van der Waals surface area contributed by atoms with E-state index in [0.29, 0.717) is 6.54 Å². The lowest BCUT2D eigenvalue weighted by atomic mass is 10.2. The molecule has 0 atom stereocenters. The first-order valence-corrected chi connectivity index (χ1v) is 8.83. The third kappa shape index (κ3) is 4.15. The monoisotopic (exact) mass is 369 g/mol. The Morgan fingerprint density at radius 2 is 2.04 bits per heavy atom. The van der Waals surface area contributed by atoms with Crippen molar-refractivity contribution in [2.45, 2.75) is 11.8 Å². The first-order valence-electron chi connectivity index (χ1n) is 6.97. The lowest BCUT2D eigenvalue weighted by molar-refractivity contribution is 0.0955. The molecule has 0 aliphatic heterocycles. The van der Waals surface area contributed by atoms with E-state index < -0.39 is 10.0 Å². The highest BCUT2D eigenvalue weighted by Gasteiger charge is 2.21. The summed E-state index contributed by atoms with van der Waals surface area (Å²) >= 11 is 5.87. The van der Waals surface area contributed by atoms with Crippen LogP contribution in [0.15, 0.2) is 41.6 Å². The Morgan fingerprint density at radius 3 is 2.71 bits per heavy atom. The van der Waals surface area contributed by atoms with Gasteiger partial charge < -0.3 is 10.1 Å².